The van der Waals surface area contributed by atoms with Crippen LogP contribution in [0.1, 0.15) is 346 Å². The van der Waals surface area contributed by atoms with Crippen molar-refractivity contribution in [3.63, 3.8) is 0 Å². The molecule has 0 saturated heterocycles. The fraction of sp³-hybridized carbons (Fsp3) is 0.654. The van der Waals surface area contributed by atoms with Gasteiger partial charge in [0, 0.05) is 56.6 Å². The Morgan fingerprint density at radius 3 is 0.977 bits per heavy atom. The van der Waals surface area contributed by atoms with Crippen molar-refractivity contribution in [2.75, 3.05) is 13.2 Å². The third-order valence-corrected chi connectivity index (χ3v) is 19.9. The summed E-state index contributed by atoms with van der Waals surface area (Å²) in [5.74, 6) is -1.48. The van der Waals surface area contributed by atoms with Gasteiger partial charge in [-0.1, -0.05) is 303 Å². The summed E-state index contributed by atoms with van der Waals surface area (Å²) in [5, 5.41) is 6.67. The lowest BCUT2D eigenvalue weighted by Gasteiger charge is -2.39. The van der Waals surface area contributed by atoms with Crippen LogP contribution in [0.15, 0.2) is 60.7 Å². The van der Waals surface area contributed by atoms with Gasteiger partial charge in [-0.15, -0.1) is 0 Å². The lowest BCUT2D eigenvalue weighted by Crippen LogP contribution is -2.48. The molecule has 86 heavy (non-hydrogen) atoms. The van der Waals surface area contributed by atoms with Crippen LogP contribution in [-0.2, 0) is 9.53 Å². The molecular weight excluding hydrogens is 1060 g/mol. The molecule has 0 fully saturated rings. The summed E-state index contributed by atoms with van der Waals surface area (Å²) in [6.07, 6.45) is 49.7. The van der Waals surface area contributed by atoms with Gasteiger partial charge in [-0.3, -0.25) is 29.0 Å². The van der Waals surface area contributed by atoms with Crippen LogP contribution in [0, 0.1) is 5.41 Å². The second-order valence-electron chi connectivity index (χ2n) is 26.9. The number of benzene rings is 5. The molecule has 0 atom stereocenters. The molecule has 0 aliphatic carbocycles. The van der Waals surface area contributed by atoms with Gasteiger partial charge in [-0.2, -0.15) is 0 Å². The molecule has 0 aromatic heterocycles. The molecule has 0 saturated carbocycles. The van der Waals surface area contributed by atoms with Gasteiger partial charge in [-0.25, -0.2) is 4.79 Å². The van der Waals surface area contributed by atoms with E-state index in [1.165, 1.54) is 185 Å². The number of nitrogens with zero attached hydrogens (tertiary/aromatic N) is 2. The third kappa shape index (κ3) is 18.3. The first-order valence-corrected chi connectivity index (χ1v) is 35.8. The van der Waals surface area contributed by atoms with Crippen molar-refractivity contribution in [3.05, 3.63) is 82.9 Å². The second-order valence-corrected chi connectivity index (χ2v) is 26.9. The third-order valence-electron chi connectivity index (χ3n) is 19.9. The highest BCUT2D eigenvalue weighted by Crippen LogP contribution is 2.47. The number of unbranched alkanes of at least 4 members (excludes halogenated alkanes) is 34. The zero-order valence-electron chi connectivity index (χ0n) is 54.9. The number of carbonyl (C=O) groups is 5. The Bertz CT molecular complexity index is 2780. The van der Waals surface area contributed by atoms with Gasteiger partial charge < -0.3 is 4.74 Å². The molecule has 4 amide bonds. The highest BCUT2D eigenvalue weighted by molar-refractivity contribution is 6.41. The van der Waals surface area contributed by atoms with Crippen molar-refractivity contribution >= 4 is 72.7 Å². The number of carbonyl (C=O) groups excluding carboxylic acids is 5. The summed E-state index contributed by atoms with van der Waals surface area (Å²) >= 11 is 0. The fourth-order valence-electron chi connectivity index (χ4n) is 14.7. The van der Waals surface area contributed by atoms with Crippen molar-refractivity contribution in [1.82, 2.24) is 9.80 Å². The van der Waals surface area contributed by atoms with Crippen LogP contribution in [0.3, 0.4) is 0 Å². The molecule has 0 spiro atoms. The molecule has 5 aromatic carbocycles. The van der Waals surface area contributed by atoms with E-state index in [2.05, 4.69) is 34.3 Å². The van der Waals surface area contributed by atoms with Gasteiger partial charge in [0.15, 0.2) is 0 Å². The summed E-state index contributed by atoms with van der Waals surface area (Å²) in [7, 11) is 0. The molecule has 2 aliphatic heterocycles. The van der Waals surface area contributed by atoms with Crippen molar-refractivity contribution in [1.29, 1.82) is 0 Å². The number of hydrogen-bond acceptors (Lipinski definition) is 6. The summed E-state index contributed by atoms with van der Waals surface area (Å²) < 4.78 is 6.14. The summed E-state index contributed by atoms with van der Waals surface area (Å²) in [6, 6.07) is 15.6. The maximum absolute atomic E-state index is 15.3. The van der Waals surface area contributed by atoms with Gasteiger partial charge in [0.1, 0.15) is 0 Å². The molecule has 0 N–H and O–H groups in total. The van der Waals surface area contributed by atoms with Gasteiger partial charge in [0.25, 0.3) is 23.6 Å². The minimum absolute atomic E-state index is 0.124. The zero-order chi connectivity index (χ0) is 61.1. The normalized spacial score (nSPS) is 13.6. The molecule has 2 heterocycles. The van der Waals surface area contributed by atoms with Crippen LogP contribution in [0.25, 0.3) is 43.1 Å². The Morgan fingerprint density at radius 1 is 0.395 bits per heavy atom. The number of ether oxygens (including phenoxy) is 1. The van der Waals surface area contributed by atoms with Crippen molar-refractivity contribution in [2.45, 2.75) is 310 Å². The fourth-order valence-corrected chi connectivity index (χ4v) is 14.7. The van der Waals surface area contributed by atoms with Crippen LogP contribution in [0.2, 0.25) is 0 Å². The monoisotopic (exact) mass is 1170 g/mol. The molecule has 8 heteroatoms. The van der Waals surface area contributed by atoms with Gasteiger partial charge in [0.2, 0.25) is 0 Å². The molecular formula is C78H114N2O6. The summed E-state index contributed by atoms with van der Waals surface area (Å²) in [5.41, 5.74) is 1.83. The van der Waals surface area contributed by atoms with Gasteiger partial charge in [-0.05, 0) is 89.2 Å². The molecule has 5 aromatic rings. The Morgan fingerprint density at radius 2 is 0.674 bits per heavy atom. The number of amides is 4. The van der Waals surface area contributed by atoms with Crippen molar-refractivity contribution in [3.8, 4) is 0 Å². The van der Waals surface area contributed by atoms with E-state index < -0.39 is 11.4 Å². The van der Waals surface area contributed by atoms with Crippen LogP contribution < -0.4 is 0 Å². The van der Waals surface area contributed by atoms with Crippen LogP contribution >= 0.6 is 0 Å². The van der Waals surface area contributed by atoms with E-state index in [4.69, 9.17) is 4.74 Å². The second kappa shape index (κ2) is 36.4. The lowest BCUT2D eigenvalue weighted by molar-refractivity contribution is -0.143. The number of imide groups is 2. The molecule has 0 unspecified atom stereocenters. The minimum Gasteiger partial charge on any atom is -0.462 e. The zero-order valence-corrected chi connectivity index (χ0v) is 54.9. The maximum Gasteiger partial charge on any atom is 0.333 e. The average molecular weight is 1180 g/mol. The predicted octanol–water partition coefficient (Wildman–Crippen LogP) is 22.9. The van der Waals surface area contributed by atoms with Crippen LogP contribution in [0.4, 0.5) is 0 Å². The van der Waals surface area contributed by atoms with Crippen LogP contribution in [0.5, 0.6) is 0 Å². The van der Waals surface area contributed by atoms with Gasteiger partial charge >= 0.3 is 5.97 Å². The molecule has 0 radical (unpaired) electrons. The van der Waals surface area contributed by atoms with E-state index in [1.54, 1.807) is 11.8 Å². The van der Waals surface area contributed by atoms with Crippen LogP contribution in [-0.4, -0.2) is 58.6 Å². The van der Waals surface area contributed by atoms with Crippen molar-refractivity contribution < 1.29 is 28.7 Å². The Kier molecular flexibility index (Phi) is 28.9. The highest BCUT2D eigenvalue weighted by atomic mass is 16.5. The number of fused-ring (bicyclic) bond motifs is 2. The first kappa shape index (κ1) is 68.4. The first-order valence-electron chi connectivity index (χ1n) is 35.8. The number of esters is 1. The molecule has 0 bridgehead atoms. The van der Waals surface area contributed by atoms with E-state index in [-0.39, 0.29) is 42.8 Å². The van der Waals surface area contributed by atoms with E-state index >= 15 is 9.59 Å². The lowest BCUT2D eigenvalue weighted by atomic mass is 9.76. The standard InChI is InChI=1S/C78H114N2O6/c1-7-11-15-19-21-23-25-27-29-31-33-35-39-43-55-78(58-86-77(85)59(5)6,56-44-40-36-34-32-30-28-26-24-22-20-16-12-8-2)57-79-73(81)65-51-47-61-63-49-53-67-72-68(54-50-64(70(63)72)62-48-52-66(74(79)82)71(65)69(61)62)76(84)80(75(67)83)60(45-41-37-17-13-9-3)46-42-38-18-14-10-4/h47-54,60H,5,7-46,55-58H2,1-4,6H3. The smallest absolute Gasteiger partial charge is 0.333 e. The predicted molar refractivity (Wildman–Crippen MR) is 362 cm³/mol. The Labute approximate surface area is 520 Å². The summed E-state index contributed by atoms with van der Waals surface area (Å²) in [6.45, 7) is 14.9. The van der Waals surface area contributed by atoms with E-state index in [0.29, 0.717) is 38.6 Å². The number of rotatable bonds is 48. The summed E-state index contributed by atoms with van der Waals surface area (Å²) in [4.78, 5) is 76.8. The minimum atomic E-state index is -0.630. The van der Waals surface area contributed by atoms with E-state index in [0.717, 1.165) is 122 Å². The van der Waals surface area contributed by atoms with Crippen molar-refractivity contribution in [2.24, 2.45) is 5.41 Å². The maximum atomic E-state index is 15.3. The molecule has 8 nitrogen and oxygen atoms in total. The topological polar surface area (TPSA) is 101 Å². The van der Waals surface area contributed by atoms with E-state index in [9.17, 15) is 14.4 Å². The molecule has 472 valence electrons. The largest absolute Gasteiger partial charge is 0.462 e. The number of hydrogen-bond donors (Lipinski definition) is 0. The average Bonchev–Trinajstić information content (AvgIpc) is 0.749. The quantitative estimate of drug-likeness (QED) is 0.00960. The SMILES string of the molecule is C=C(C)C(=O)OCC(CCCCCCCCCCCCCCCC)(CCCCCCCCCCCCCCCC)CN1C(=O)c2ccc3c4ccc5c6c(ccc(c7ccc(c2c37)C1=O)c64)C(=O)N(C(CCCCCCC)CCCCCCC)C5=O. The molecule has 7 rings (SSSR count). The van der Waals surface area contributed by atoms with E-state index in [1.807, 2.05) is 48.5 Å². The Hall–Kier alpha value is -5.11. The highest BCUT2D eigenvalue weighted by Gasteiger charge is 2.43. The first-order chi connectivity index (χ1) is 42.0. The van der Waals surface area contributed by atoms with Gasteiger partial charge in [0.05, 0.1) is 6.61 Å². The Balaban J connectivity index is 1.12. The molecule has 2 aliphatic rings.